The van der Waals surface area contributed by atoms with Gasteiger partial charge in [-0.05, 0) is 50.8 Å². The number of nitrogens with two attached hydrogens (primary N) is 1. The van der Waals surface area contributed by atoms with Crippen LogP contribution >= 0.6 is 0 Å². The molecule has 1 saturated heterocycles. The Hall–Kier alpha value is -1.84. The number of nitrogens with zero attached hydrogens (tertiary/aromatic N) is 1. The van der Waals surface area contributed by atoms with Crippen LogP contribution in [0.1, 0.15) is 56.2 Å². The predicted octanol–water partition coefficient (Wildman–Crippen LogP) is 4.43. The Morgan fingerprint density at radius 1 is 1.03 bits per heavy atom. The summed E-state index contributed by atoms with van der Waals surface area (Å²) in [5, 5.41) is 2.47. The number of rotatable bonds is 8. The quantitative estimate of drug-likeness (QED) is 0.670. The Labute approximate surface area is 177 Å². The molecule has 3 heteroatoms. The third kappa shape index (κ3) is 5.40. The highest BCUT2D eigenvalue weighted by Gasteiger charge is 2.43. The molecular formula is C26H39N2O+. The molecule has 0 radical (unpaired) electrons. The molecule has 2 aromatic carbocycles. The molecule has 29 heavy (non-hydrogen) atoms. The van der Waals surface area contributed by atoms with Crippen LogP contribution in [0.5, 0.6) is 0 Å². The number of benzene rings is 2. The van der Waals surface area contributed by atoms with Gasteiger partial charge in [0.1, 0.15) is 6.54 Å². The summed E-state index contributed by atoms with van der Waals surface area (Å²) in [6.45, 7) is 9.78. The molecule has 0 saturated carbocycles. The van der Waals surface area contributed by atoms with Crippen LogP contribution in [0.25, 0.3) is 0 Å². The molecule has 2 aromatic rings. The molecule has 158 valence electrons. The van der Waals surface area contributed by atoms with Gasteiger partial charge >= 0.3 is 0 Å². The first kappa shape index (κ1) is 21.9. The molecule has 0 aliphatic carbocycles. The van der Waals surface area contributed by atoms with Gasteiger partial charge in [0.15, 0.2) is 0 Å². The lowest BCUT2D eigenvalue weighted by molar-refractivity contribution is -0.672. The van der Waals surface area contributed by atoms with E-state index < -0.39 is 0 Å². The van der Waals surface area contributed by atoms with Gasteiger partial charge in [-0.1, -0.05) is 48.9 Å². The van der Waals surface area contributed by atoms with Gasteiger partial charge in [-0.3, -0.25) is 0 Å². The van der Waals surface area contributed by atoms with E-state index in [1.54, 1.807) is 0 Å². The lowest BCUT2D eigenvalue weighted by Gasteiger charge is -2.46. The van der Waals surface area contributed by atoms with Crippen LogP contribution in [0, 0.1) is 6.92 Å². The Morgan fingerprint density at radius 2 is 1.72 bits per heavy atom. The molecule has 1 heterocycles. The number of hydrogen-bond donors (Lipinski definition) is 1. The molecule has 2 atom stereocenters. The normalized spacial score (nSPS) is 24.4. The minimum Gasteiger partial charge on any atom is -0.378 e. The Balaban J connectivity index is 1.66. The number of quaternary nitrogens is 1. The van der Waals surface area contributed by atoms with Crippen molar-refractivity contribution in [3.05, 3.63) is 65.2 Å². The fourth-order valence-corrected chi connectivity index (χ4v) is 4.66. The maximum atomic E-state index is 6.21. The van der Waals surface area contributed by atoms with Crippen molar-refractivity contribution < 1.29 is 10.1 Å². The lowest BCUT2D eigenvalue weighted by Crippen LogP contribution is -2.83. The SMILES string of the molecule is CC[C@]1(C)C[C@](CC[NH2+]Cc2ccc(N(C)C)cc2)(c2ccc(C)cc2)CCO1. The molecule has 3 rings (SSSR count). The number of ether oxygens (including phenoxy) is 1. The highest BCUT2D eigenvalue weighted by Crippen LogP contribution is 2.45. The van der Waals surface area contributed by atoms with Crippen LogP contribution in [0.4, 0.5) is 5.69 Å². The molecule has 2 N–H and O–H groups in total. The van der Waals surface area contributed by atoms with Gasteiger partial charge < -0.3 is 15.0 Å². The molecule has 1 aliphatic heterocycles. The second-order valence-corrected chi connectivity index (χ2v) is 9.32. The van der Waals surface area contributed by atoms with Crippen molar-refractivity contribution in [1.82, 2.24) is 0 Å². The van der Waals surface area contributed by atoms with E-state index in [2.05, 4.69) is 93.6 Å². The number of hydrogen-bond acceptors (Lipinski definition) is 2. The molecule has 0 unspecified atom stereocenters. The maximum Gasteiger partial charge on any atom is 0.101 e. The fourth-order valence-electron chi connectivity index (χ4n) is 4.66. The summed E-state index contributed by atoms with van der Waals surface area (Å²) in [7, 11) is 4.17. The third-order valence-corrected chi connectivity index (χ3v) is 6.82. The van der Waals surface area contributed by atoms with Gasteiger partial charge in [0.05, 0.1) is 12.1 Å². The van der Waals surface area contributed by atoms with Gasteiger partial charge in [0.2, 0.25) is 0 Å². The van der Waals surface area contributed by atoms with E-state index in [9.17, 15) is 0 Å². The van der Waals surface area contributed by atoms with Crippen LogP contribution < -0.4 is 10.2 Å². The molecule has 3 nitrogen and oxygen atoms in total. The summed E-state index contributed by atoms with van der Waals surface area (Å²) in [4.78, 5) is 2.15. The monoisotopic (exact) mass is 395 g/mol. The zero-order chi connectivity index (χ0) is 20.9. The van der Waals surface area contributed by atoms with Crippen molar-refractivity contribution in [2.75, 3.05) is 32.1 Å². The Kier molecular flexibility index (Phi) is 7.02. The van der Waals surface area contributed by atoms with Crippen molar-refractivity contribution in [3.8, 4) is 0 Å². The van der Waals surface area contributed by atoms with Crippen molar-refractivity contribution in [3.63, 3.8) is 0 Å². The summed E-state index contributed by atoms with van der Waals surface area (Å²) in [6, 6.07) is 18.2. The maximum absolute atomic E-state index is 6.21. The summed E-state index contributed by atoms with van der Waals surface area (Å²) < 4.78 is 6.21. The average Bonchev–Trinajstić information content (AvgIpc) is 2.72. The third-order valence-electron chi connectivity index (χ3n) is 6.82. The van der Waals surface area contributed by atoms with Crippen LogP contribution in [-0.4, -0.2) is 32.8 Å². The molecular weight excluding hydrogens is 356 g/mol. The van der Waals surface area contributed by atoms with Crippen molar-refractivity contribution >= 4 is 5.69 Å². The minimum atomic E-state index is -0.00878. The van der Waals surface area contributed by atoms with Gasteiger partial charge in [-0.15, -0.1) is 0 Å². The first-order chi connectivity index (χ1) is 13.9. The van der Waals surface area contributed by atoms with E-state index in [0.29, 0.717) is 0 Å². The largest absolute Gasteiger partial charge is 0.378 e. The Bertz CT molecular complexity index is 768. The fraction of sp³-hybridized carbons (Fsp3) is 0.538. The number of anilines is 1. The molecule has 0 aromatic heterocycles. The molecule has 1 fully saturated rings. The van der Waals surface area contributed by atoms with Gasteiger partial charge in [-0.2, -0.15) is 0 Å². The summed E-state index contributed by atoms with van der Waals surface area (Å²) >= 11 is 0. The minimum absolute atomic E-state index is 0.00878. The zero-order valence-electron chi connectivity index (χ0n) is 19.0. The summed E-state index contributed by atoms with van der Waals surface area (Å²) in [5.41, 5.74) is 5.70. The van der Waals surface area contributed by atoms with Gasteiger partial charge in [0.25, 0.3) is 0 Å². The molecule has 1 aliphatic rings. The Morgan fingerprint density at radius 3 is 2.34 bits per heavy atom. The average molecular weight is 396 g/mol. The first-order valence-electron chi connectivity index (χ1n) is 11.1. The summed E-state index contributed by atoms with van der Waals surface area (Å²) in [6.07, 6.45) is 4.51. The van der Waals surface area contributed by atoms with E-state index in [-0.39, 0.29) is 11.0 Å². The van der Waals surface area contributed by atoms with Crippen molar-refractivity contribution in [2.24, 2.45) is 0 Å². The highest BCUT2D eigenvalue weighted by molar-refractivity contribution is 5.45. The second kappa shape index (κ2) is 9.32. The van der Waals surface area contributed by atoms with Crippen LogP contribution in [-0.2, 0) is 16.7 Å². The second-order valence-electron chi connectivity index (χ2n) is 9.32. The van der Waals surface area contributed by atoms with E-state index in [0.717, 1.165) is 39.0 Å². The molecule has 0 bridgehead atoms. The van der Waals surface area contributed by atoms with E-state index in [4.69, 9.17) is 4.74 Å². The first-order valence-corrected chi connectivity index (χ1v) is 11.1. The van der Waals surface area contributed by atoms with E-state index >= 15 is 0 Å². The summed E-state index contributed by atoms with van der Waals surface area (Å²) in [5.74, 6) is 0. The molecule has 0 amide bonds. The van der Waals surface area contributed by atoms with Gasteiger partial charge in [0, 0.05) is 43.8 Å². The molecule has 0 spiro atoms. The zero-order valence-corrected chi connectivity index (χ0v) is 19.0. The van der Waals surface area contributed by atoms with Crippen molar-refractivity contribution in [1.29, 1.82) is 0 Å². The van der Waals surface area contributed by atoms with Crippen LogP contribution in [0.2, 0.25) is 0 Å². The highest BCUT2D eigenvalue weighted by atomic mass is 16.5. The van der Waals surface area contributed by atoms with Gasteiger partial charge in [-0.25, -0.2) is 0 Å². The van der Waals surface area contributed by atoms with Crippen molar-refractivity contribution in [2.45, 2.75) is 64.0 Å². The standard InChI is InChI=1S/C26H38N2O/c1-6-25(3)20-26(16-18-29-25,23-11-7-21(2)8-12-23)15-17-27-19-22-9-13-24(14-10-22)28(4)5/h7-14,27H,6,15-20H2,1-5H3/p+1/t25-,26-/m1/s1. The van der Waals surface area contributed by atoms with E-state index in [1.807, 2.05) is 0 Å². The number of aryl methyl sites for hydroxylation is 1. The topological polar surface area (TPSA) is 29.1 Å². The predicted molar refractivity (Wildman–Crippen MR) is 123 cm³/mol. The van der Waals surface area contributed by atoms with E-state index in [1.165, 1.54) is 28.8 Å². The smallest absolute Gasteiger partial charge is 0.101 e. The lowest BCUT2D eigenvalue weighted by atomic mass is 9.66. The van der Waals surface area contributed by atoms with Crippen LogP contribution in [0.15, 0.2) is 48.5 Å². The van der Waals surface area contributed by atoms with Crippen LogP contribution in [0.3, 0.4) is 0 Å².